The quantitative estimate of drug-likeness (QED) is 0.782. The molecule has 1 fully saturated rings. The smallest absolute Gasteiger partial charge is 0.223 e. The number of amides is 1. The minimum atomic E-state index is 0.291. The van der Waals surface area contributed by atoms with Crippen LogP contribution in [0.4, 0.5) is 0 Å². The van der Waals surface area contributed by atoms with E-state index in [-0.39, 0.29) is 0 Å². The maximum Gasteiger partial charge on any atom is 0.223 e. The molecule has 4 heteroatoms. The Balaban J connectivity index is 1.52. The molecule has 1 amide bonds. The van der Waals surface area contributed by atoms with Crippen LogP contribution in [0, 0.1) is 6.92 Å². The molecule has 3 rings (SSSR count). The first-order valence-corrected chi connectivity index (χ1v) is 8.84. The highest BCUT2D eigenvalue weighted by Gasteiger charge is 2.31. The highest BCUT2D eigenvalue weighted by molar-refractivity contribution is 7.09. The first-order valence-electron chi connectivity index (χ1n) is 7.96. The van der Waals surface area contributed by atoms with E-state index in [2.05, 4.69) is 41.1 Å². The fraction of sp³-hybridized carbons (Fsp3) is 0.444. The van der Waals surface area contributed by atoms with Crippen LogP contribution in [0.3, 0.4) is 0 Å². The Morgan fingerprint density at radius 2 is 2.05 bits per heavy atom. The fourth-order valence-electron chi connectivity index (χ4n) is 2.64. The molecule has 1 aliphatic rings. The van der Waals surface area contributed by atoms with Crippen LogP contribution in [0.2, 0.25) is 0 Å². The average Bonchev–Trinajstić information content (AvgIpc) is 3.22. The van der Waals surface area contributed by atoms with Crippen LogP contribution in [-0.2, 0) is 17.6 Å². The Bertz CT molecular complexity index is 603. The third-order valence-corrected chi connectivity index (χ3v) is 4.95. The minimum Gasteiger partial charge on any atom is -0.339 e. The number of nitrogens with zero attached hydrogens (tertiary/aromatic N) is 2. The number of carbonyl (C=O) groups excluding carboxylic acids is 1. The zero-order valence-corrected chi connectivity index (χ0v) is 13.8. The van der Waals surface area contributed by atoms with Gasteiger partial charge in [0.05, 0.1) is 5.01 Å². The molecule has 0 bridgehead atoms. The topological polar surface area (TPSA) is 33.2 Å². The van der Waals surface area contributed by atoms with Crippen LogP contribution in [0.5, 0.6) is 0 Å². The van der Waals surface area contributed by atoms with Gasteiger partial charge in [-0.05, 0) is 31.7 Å². The molecule has 2 aromatic rings. The van der Waals surface area contributed by atoms with Crippen LogP contribution in [-0.4, -0.2) is 28.4 Å². The molecule has 0 saturated heterocycles. The van der Waals surface area contributed by atoms with E-state index in [1.54, 1.807) is 11.3 Å². The number of rotatable bonds is 7. The summed E-state index contributed by atoms with van der Waals surface area (Å²) in [7, 11) is 0. The van der Waals surface area contributed by atoms with E-state index in [1.807, 2.05) is 11.6 Å². The lowest BCUT2D eigenvalue weighted by molar-refractivity contribution is -0.131. The summed E-state index contributed by atoms with van der Waals surface area (Å²) in [4.78, 5) is 18.9. The van der Waals surface area contributed by atoms with Crippen molar-refractivity contribution in [1.29, 1.82) is 0 Å². The SMILES string of the molecule is Cc1ccc(CCC(=O)N(CCc2nccs2)C2CC2)cc1. The summed E-state index contributed by atoms with van der Waals surface area (Å²) in [5, 5.41) is 3.12. The first kappa shape index (κ1) is 15.2. The van der Waals surface area contributed by atoms with Crippen LogP contribution in [0.25, 0.3) is 0 Å². The van der Waals surface area contributed by atoms with Gasteiger partial charge in [0.15, 0.2) is 0 Å². The van der Waals surface area contributed by atoms with Gasteiger partial charge in [-0.2, -0.15) is 0 Å². The number of aryl methyl sites for hydroxylation is 2. The largest absolute Gasteiger partial charge is 0.339 e. The molecule has 1 saturated carbocycles. The molecule has 0 spiro atoms. The third kappa shape index (κ3) is 4.17. The maximum absolute atomic E-state index is 12.5. The third-order valence-electron chi connectivity index (χ3n) is 4.11. The van der Waals surface area contributed by atoms with E-state index in [0.29, 0.717) is 18.4 Å². The number of thiazole rings is 1. The van der Waals surface area contributed by atoms with Crippen molar-refractivity contribution in [3.63, 3.8) is 0 Å². The van der Waals surface area contributed by atoms with Gasteiger partial charge in [-0.25, -0.2) is 4.98 Å². The molecule has 116 valence electrons. The summed E-state index contributed by atoms with van der Waals surface area (Å²) < 4.78 is 0. The average molecular weight is 314 g/mol. The second kappa shape index (κ2) is 7.05. The molecule has 0 atom stereocenters. The first-order chi connectivity index (χ1) is 10.7. The Hall–Kier alpha value is -1.68. The summed E-state index contributed by atoms with van der Waals surface area (Å²) in [6.45, 7) is 2.90. The van der Waals surface area contributed by atoms with Crippen molar-refractivity contribution in [2.24, 2.45) is 0 Å². The van der Waals surface area contributed by atoms with Crippen molar-refractivity contribution in [2.75, 3.05) is 6.54 Å². The molecule has 22 heavy (non-hydrogen) atoms. The molecule has 0 aliphatic heterocycles. The van der Waals surface area contributed by atoms with Crippen LogP contribution in [0.15, 0.2) is 35.8 Å². The zero-order chi connectivity index (χ0) is 15.4. The van der Waals surface area contributed by atoms with Crippen molar-refractivity contribution in [3.05, 3.63) is 52.0 Å². The summed E-state index contributed by atoms with van der Waals surface area (Å²) in [6.07, 6.45) is 6.48. The lowest BCUT2D eigenvalue weighted by Crippen LogP contribution is -2.35. The van der Waals surface area contributed by atoms with Gasteiger partial charge in [-0.3, -0.25) is 4.79 Å². The molecular weight excluding hydrogens is 292 g/mol. The molecule has 1 aliphatic carbocycles. The van der Waals surface area contributed by atoms with Crippen LogP contribution in [0.1, 0.15) is 35.4 Å². The Morgan fingerprint density at radius 1 is 1.27 bits per heavy atom. The van der Waals surface area contributed by atoms with Gasteiger partial charge >= 0.3 is 0 Å². The molecule has 1 aromatic carbocycles. The van der Waals surface area contributed by atoms with E-state index < -0.39 is 0 Å². The second-order valence-electron chi connectivity index (χ2n) is 5.98. The number of benzene rings is 1. The molecule has 1 aromatic heterocycles. The standard InChI is InChI=1S/C18H22N2OS/c1-14-2-4-15(5-3-14)6-9-18(21)20(16-7-8-16)12-10-17-19-11-13-22-17/h2-5,11,13,16H,6-10,12H2,1H3. The summed E-state index contributed by atoms with van der Waals surface area (Å²) >= 11 is 1.67. The molecule has 1 heterocycles. The number of hydrogen-bond acceptors (Lipinski definition) is 3. The predicted molar refractivity (Wildman–Crippen MR) is 90.1 cm³/mol. The monoisotopic (exact) mass is 314 g/mol. The Kier molecular flexibility index (Phi) is 4.88. The van der Waals surface area contributed by atoms with Gasteiger partial charge in [0.25, 0.3) is 0 Å². The fourth-order valence-corrected chi connectivity index (χ4v) is 3.25. The van der Waals surface area contributed by atoms with Gasteiger partial charge in [-0.1, -0.05) is 29.8 Å². The zero-order valence-electron chi connectivity index (χ0n) is 13.0. The highest BCUT2D eigenvalue weighted by Crippen LogP contribution is 2.28. The molecular formula is C18H22N2OS. The normalized spacial score (nSPS) is 14.0. The van der Waals surface area contributed by atoms with Gasteiger partial charge < -0.3 is 4.90 Å². The van der Waals surface area contributed by atoms with Crippen molar-refractivity contribution in [2.45, 2.75) is 45.1 Å². The van der Waals surface area contributed by atoms with Crippen molar-refractivity contribution in [1.82, 2.24) is 9.88 Å². The van der Waals surface area contributed by atoms with E-state index >= 15 is 0 Å². The van der Waals surface area contributed by atoms with Gasteiger partial charge in [0.2, 0.25) is 5.91 Å². The van der Waals surface area contributed by atoms with Crippen LogP contribution < -0.4 is 0 Å². The lowest BCUT2D eigenvalue weighted by Gasteiger charge is -2.22. The maximum atomic E-state index is 12.5. The van der Waals surface area contributed by atoms with Gasteiger partial charge in [0.1, 0.15) is 0 Å². The number of hydrogen-bond donors (Lipinski definition) is 0. The number of aromatic nitrogens is 1. The van der Waals surface area contributed by atoms with Gasteiger partial charge in [-0.15, -0.1) is 11.3 Å². The summed E-state index contributed by atoms with van der Waals surface area (Å²) in [5.41, 5.74) is 2.51. The molecule has 0 unspecified atom stereocenters. The molecule has 0 N–H and O–H groups in total. The predicted octanol–water partition coefficient (Wildman–Crippen LogP) is 3.62. The van der Waals surface area contributed by atoms with Crippen LogP contribution >= 0.6 is 11.3 Å². The van der Waals surface area contributed by atoms with Gasteiger partial charge in [0, 0.05) is 37.0 Å². The minimum absolute atomic E-state index is 0.291. The Morgan fingerprint density at radius 3 is 2.68 bits per heavy atom. The highest BCUT2D eigenvalue weighted by atomic mass is 32.1. The van der Waals surface area contributed by atoms with E-state index in [4.69, 9.17) is 0 Å². The van der Waals surface area contributed by atoms with E-state index in [1.165, 1.54) is 11.1 Å². The van der Waals surface area contributed by atoms with Crippen molar-refractivity contribution in [3.8, 4) is 0 Å². The van der Waals surface area contributed by atoms with Crippen molar-refractivity contribution >= 4 is 17.2 Å². The molecule has 0 radical (unpaired) electrons. The van der Waals surface area contributed by atoms with E-state index in [0.717, 1.165) is 37.2 Å². The molecule has 3 nitrogen and oxygen atoms in total. The lowest BCUT2D eigenvalue weighted by atomic mass is 10.1. The van der Waals surface area contributed by atoms with E-state index in [9.17, 15) is 4.79 Å². The number of carbonyl (C=O) groups is 1. The summed E-state index contributed by atoms with van der Waals surface area (Å²) in [6, 6.07) is 8.95. The second-order valence-corrected chi connectivity index (χ2v) is 6.96. The Labute approximate surface area is 136 Å². The van der Waals surface area contributed by atoms with Crippen molar-refractivity contribution < 1.29 is 4.79 Å². The summed E-state index contributed by atoms with van der Waals surface area (Å²) in [5.74, 6) is 0.291.